The van der Waals surface area contributed by atoms with Crippen LogP contribution in [0.15, 0.2) is 29.2 Å². The molecular formula is C9H7BrF3NO4S. The highest BCUT2D eigenvalue weighted by molar-refractivity contribution is 9.09. The molecule has 0 aliphatic rings. The number of rotatable bonds is 4. The van der Waals surface area contributed by atoms with Crippen LogP contribution >= 0.6 is 15.9 Å². The monoisotopic (exact) mass is 361 g/mol. The zero-order valence-corrected chi connectivity index (χ0v) is 11.5. The lowest BCUT2D eigenvalue weighted by Gasteiger charge is -2.14. The van der Waals surface area contributed by atoms with Crippen molar-refractivity contribution in [1.29, 1.82) is 0 Å². The fraction of sp³-hybridized carbons (Fsp3) is 0.333. The fourth-order valence-corrected chi connectivity index (χ4v) is 3.79. The number of halogens is 4. The van der Waals surface area contributed by atoms with Crippen molar-refractivity contribution < 1.29 is 26.5 Å². The van der Waals surface area contributed by atoms with Crippen LogP contribution in [0.4, 0.5) is 18.9 Å². The van der Waals surface area contributed by atoms with Gasteiger partial charge in [0, 0.05) is 6.07 Å². The highest BCUT2D eigenvalue weighted by atomic mass is 79.9. The third-order valence-corrected chi connectivity index (χ3v) is 5.18. The quantitative estimate of drug-likeness (QED) is 0.469. The molecule has 0 saturated heterocycles. The maximum Gasteiger partial charge on any atom is 0.402 e. The molecule has 0 heterocycles. The first-order valence-corrected chi connectivity index (χ1v) is 7.29. The first kappa shape index (κ1) is 15.9. The molecule has 1 aromatic carbocycles. The average Bonchev–Trinajstić information content (AvgIpc) is 2.27. The topological polar surface area (TPSA) is 77.3 Å². The molecule has 106 valence electrons. The molecule has 0 radical (unpaired) electrons. The summed E-state index contributed by atoms with van der Waals surface area (Å²) in [5, 5.41) is 10.7. The van der Waals surface area contributed by atoms with Crippen LogP contribution in [0.3, 0.4) is 0 Å². The third-order valence-electron chi connectivity index (χ3n) is 2.12. The van der Waals surface area contributed by atoms with Crippen LogP contribution in [0.25, 0.3) is 0 Å². The number of sulfone groups is 1. The van der Waals surface area contributed by atoms with Crippen molar-refractivity contribution in [3.05, 3.63) is 34.4 Å². The Morgan fingerprint density at radius 2 is 1.84 bits per heavy atom. The number of nitro benzene ring substituents is 1. The van der Waals surface area contributed by atoms with Gasteiger partial charge in [-0.1, -0.05) is 28.1 Å². The Labute approximate surface area is 114 Å². The fourth-order valence-electron chi connectivity index (χ4n) is 1.25. The molecule has 19 heavy (non-hydrogen) atoms. The second-order valence-corrected chi connectivity index (χ2v) is 6.62. The molecule has 0 saturated carbocycles. The maximum absolute atomic E-state index is 12.3. The smallest absolute Gasteiger partial charge is 0.258 e. The van der Waals surface area contributed by atoms with Gasteiger partial charge in [-0.2, -0.15) is 13.2 Å². The first-order valence-electron chi connectivity index (χ1n) is 4.72. The second kappa shape index (κ2) is 5.45. The summed E-state index contributed by atoms with van der Waals surface area (Å²) in [6.45, 7) is 0. The van der Waals surface area contributed by atoms with Gasteiger partial charge in [-0.15, -0.1) is 0 Å². The van der Waals surface area contributed by atoms with Gasteiger partial charge in [0.2, 0.25) is 0 Å². The summed E-state index contributed by atoms with van der Waals surface area (Å²) in [5.74, 6) is -1.30. The number of nitrogens with zero attached hydrogens (tertiary/aromatic N) is 1. The molecule has 0 spiro atoms. The number of alkyl halides is 4. The molecule has 0 aromatic heterocycles. The van der Waals surface area contributed by atoms with E-state index in [4.69, 9.17) is 0 Å². The van der Waals surface area contributed by atoms with E-state index < -0.39 is 42.1 Å². The van der Waals surface area contributed by atoms with E-state index >= 15 is 0 Å². The standard InChI is InChI=1S/C9H7BrF3NO4S/c10-8(9(11,12)13)5-19(17,18)7-4-2-1-3-6(7)14(15)16/h1-4,8H,5H2. The van der Waals surface area contributed by atoms with E-state index in [1.165, 1.54) is 12.1 Å². The lowest BCUT2D eigenvalue weighted by molar-refractivity contribution is -0.387. The van der Waals surface area contributed by atoms with E-state index in [9.17, 15) is 31.7 Å². The van der Waals surface area contributed by atoms with Crippen LogP contribution in [0, 0.1) is 10.1 Å². The summed E-state index contributed by atoms with van der Waals surface area (Å²) in [5.41, 5.74) is -0.746. The predicted octanol–water partition coefficient (Wildman–Crippen LogP) is 2.69. The molecule has 0 amide bonds. The minimum Gasteiger partial charge on any atom is -0.258 e. The number of hydrogen-bond acceptors (Lipinski definition) is 4. The summed E-state index contributed by atoms with van der Waals surface area (Å²) in [7, 11) is -4.43. The van der Waals surface area contributed by atoms with Crippen molar-refractivity contribution in [1.82, 2.24) is 0 Å². The second-order valence-electron chi connectivity index (χ2n) is 3.52. The van der Waals surface area contributed by atoms with E-state index in [0.29, 0.717) is 0 Å². The van der Waals surface area contributed by atoms with Gasteiger partial charge in [-0.05, 0) is 6.07 Å². The van der Waals surface area contributed by atoms with Gasteiger partial charge in [0.05, 0.1) is 10.7 Å². The average molecular weight is 362 g/mol. The van der Waals surface area contributed by atoms with Crippen LogP contribution in [-0.4, -0.2) is 30.1 Å². The lowest BCUT2D eigenvalue weighted by Crippen LogP contribution is -2.30. The molecular weight excluding hydrogens is 355 g/mol. The summed E-state index contributed by atoms with van der Waals surface area (Å²) < 4.78 is 60.5. The summed E-state index contributed by atoms with van der Waals surface area (Å²) >= 11 is 2.22. The normalized spacial score (nSPS) is 14.1. The Balaban J connectivity index is 3.19. The van der Waals surface area contributed by atoms with Crippen LogP contribution in [0.5, 0.6) is 0 Å². The van der Waals surface area contributed by atoms with Gasteiger partial charge in [-0.25, -0.2) is 8.42 Å². The Kier molecular flexibility index (Phi) is 4.56. The SMILES string of the molecule is O=[N+]([O-])c1ccccc1S(=O)(=O)CC(Br)C(F)(F)F. The van der Waals surface area contributed by atoms with Crippen molar-refractivity contribution in [2.75, 3.05) is 5.75 Å². The maximum atomic E-state index is 12.3. The summed E-state index contributed by atoms with van der Waals surface area (Å²) in [4.78, 5) is 6.69. The molecule has 0 N–H and O–H groups in total. The zero-order valence-electron chi connectivity index (χ0n) is 9.09. The minimum absolute atomic E-state index is 0.728. The van der Waals surface area contributed by atoms with Crippen molar-refractivity contribution in [2.24, 2.45) is 0 Å². The minimum atomic E-state index is -4.75. The molecule has 0 aliphatic heterocycles. The molecule has 0 fully saturated rings. The van der Waals surface area contributed by atoms with Crippen molar-refractivity contribution in [3.8, 4) is 0 Å². The number of para-hydroxylation sites is 1. The van der Waals surface area contributed by atoms with E-state index in [0.717, 1.165) is 12.1 Å². The van der Waals surface area contributed by atoms with Crippen molar-refractivity contribution in [3.63, 3.8) is 0 Å². The van der Waals surface area contributed by atoms with Crippen molar-refractivity contribution >= 4 is 31.5 Å². The van der Waals surface area contributed by atoms with Gasteiger partial charge < -0.3 is 0 Å². The number of nitro groups is 1. The lowest BCUT2D eigenvalue weighted by atomic mass is 10.3. The van der Waals surface area contributed by atoms with E-state index in [1.54, 1.807) is 0 Å². The summed E-state index contributed by atoms with van der Waals surface area (Å²) in [6.07, 6.45) is -4.75. The third kappa shape index (κ3) is 3.90. The molecule has 0 bridgehead atoms. The van der Waals surface area contributed by atoms with Crippen LogP contribution in [-0.2, 0) is 9.84 Å². The van der Waals surface area contributed by atoms with Crippen molar-refractivity contribution in [2.45, 2.75) is 15.9 Å². The molecule has 0 aliphatic carbocycles. The molecule has 1 atom stereocenters. The Hall–Kier alpha value is -1.16. The van der Waals surface area contributed by atoms with Gasteiger partial charge in [-0.3, -0.25) is 10.1 Å². The largest absolute Gasteiger partial charge is 0.402 e. The Morgan fingerprint density at radius 3 is 2.32 bits per heavy atom. The highest BCUT2D eigenvalue weighted by Gasteiger charge is 2.42. The molecule has 1 rings (SSSR count). The van der Waals surface area contributed by atoms with Gasteiger partial charge in [0.15, 0.2) is 9.84 Å². The Bertz CT molecular complexity index is 587. The summed E-state index contributed by atoms with van der Waals surface area (Å²) in [6, 6.07) is 4.26. The predicted molar refractivity (Wildman–Crippen MR) is 63.9 cm³/mol. The number of hydrogen-bond donors (Lipinski definition) is 0. The van der Waals surface area contributed by atoms with Gasteiger partial charge >= 0.3 is 6.18 Å². The van der Waals surface area contributed by atoms with Crippen LogP contribution < -0.4 is 0 Å². The van der Waals surface area contributed by atoms with E-state index in [2.05, 4.69) is 15.9 Å². The molecule has 1 unspecified atom stereocenters. The van der Waals surface area contributed by atoms with Gasteiger partial charge in [0.25, 0.3) is 5.69 Å². The molecule has 10 heteroatoms. The molecule has 5 nitrogen and oxygen atoms in total. The highest BCUT2D eigenvalue weighted by Crippen LogP contribution is 2.31. The number of benzene rings is 1. The van der Waals surface area contributed by atoms with E-state index in [1.807, 2.05) is 0 Å². The zero-order chi connectivity index (χ0) is 14.8. The Morgan fingerprint density at radius 1 is 1.32 bits per heavy atom. The van der Waals surface area contributed by atoms with E-state index in [-0.39, 0.29) is 0 Å². The molecule has 1 aromatic rings. The van der Waals surface area contributed by atoms with Crippen LogP contribution in [0.1, 0.15) is 0 Å². The van der Waals surface area contributed by atoms with Gasteiger partial charge in [0.1, 0.15) is 9.72 Å². The first-order chi connectivity index (χ1) is 8.55. The van der Waals surface area contributed by atoms with Crippen LogP contribution in [0.2, 0.25) is 0 Å².